The zero-order valence-corrected chi connectivity index (χ0v) is 18.8. The van der Waals surface area contributed by atoms with Gasteiger partial charge in [-0.1, -0.05) is 34.4 Å². The van der Waals surface area contributed by atoms with Gasteiger partial charge in [-0.25, -0.2) is 0 Å². The lowest BCUT2D eigenvalue weighted by Gasteiger charge is -2.29. The summed E-state index contributed by atoms with van der Waals surface area (Å²) in [4.78, 5) is 17.6. The average Bonchev–Trinajstić information content (AvgIpc) is 3.06. The lowest BCUT2D eigenvalue weighted by molar-refractivity contribution is -0.275. The Balaban J connectivity index is 1.41. The number of hydrogen-bond acceptors (Lipinski definition) is 5. The lowest BCUT2D eigenvalue weighted by Crippen LogP contribution is -2.46. The second kappa shape index (κ2) is 7.28. The molecule has 32 heavy (non-hydrogen) atoms. The first-order chi connectivity index (χ1) is 15.0. The van der Waals surface area contributed by atoms with Crippen molar-refractivity contribution in [3.63, 3.8) is 0 Å². The van der Waals surface area contributed by atoms with Crippen LogP contribution in [-0.2, 0) is 15.2 Å². The van der Waals surface area contributed by atoms with Gasteiger partial charge in [0.05, 0.1) is 5.71 Å². The quantitative estimate of drug-likeness (QED) is 0.567. The number of nitrogens with one attached hydrogen (secondary N) is 1. The summed E-state index contributed by atoms with van der Waals surface area (Å²) in [5.74, 6) is 0.404. The van der Waals surface area contributed by atoms with Gasteiger partial charge in [0.2, 0.25) is 0 Å². The molecule has 1 amide bonds. The van der Waals surface area contributed by atoms with Gasteiger partial charge in [-0.3, -0.25) is 4.79 Å². The minimum Gasteiger partial charge on any atom is -0.374 e. The molecule has 0 aromatic heterocycles. The molecule has 0 aliphatic carbocycles. The highest BCUT2D eigenvalue weighted by Gasteiger charge is 2.66. The van der Waals surface area contributed by atoms with Gasteiger partial charge in [0.1, 0.15) is 0 Å². The first kappa shape index (κ1) is 21.9. The molecule has 3 atom stereocenters. The van der Waals surface area contributed by atoms with Crippen molar-refractivity contribution in [2.24, 2.45) is 5.16 Å². The molecule has 2 aromatic rings. The summed E-state index contributed by atoms with van der Waals surface area (Å²) in [5.41, 5.74) is -1.96. The van der Waals surface area contributed by atoms with Crippen LogP contribution in [0.15, 0.2) is 41.6 Å². The van der Waals surface area contributed by atoms with Crippen LogP contribution in [0.25, 0.3) is 0 Å². The molecule has 0 radical (unpaired) electrons. The number of benzene rings is 2. The summed E-state index contributed by atoms with van der Waals surface area (Å²) in [6, 6.07) is 8.42. The Bertz CT molecular complexity index is 1150. The van der Waals surface area contributed by atoms with Crippen molar-refractivity contribution < 1.29 is 27.5 Å². The molecule has 5 rings (SSSR count). The van der Waals surface area contributed by atoms with Crippen LogP contribution in [0.2, 0.25) is 10.0 Å². The zero-order chi connectivity index (χ0) is 22.9. The molecule has 0 spiro atoms. The summed E-state index contributed by atoms with van der Waals surface area (Å²) >= 11 is 13.5. The fourth-order valence-corrected chi connectivity index (χ4v) is 5.43. The van der Waals surface area contributed by atoms with Crippen molar-refractivity contribution in [2.45, 2.75) is 36.3 Å². The molecule has 168 valence electrons. The number of carbonyl (C=O) groups excluding carboxylic acids is 1. The van der Waals surface area contributed by atoms with Crippen LogP contribution < -0.4 is 5.32 Å². The summed E-state index contributed by atoms with van der Waals surface area (Å²) in [6.07, 6.45) is -5.34. The average molecular weight is 503 g/mol. The number of fused-ring (bicyclic) bond motifs is 1. The summed E-state index contributed by atoms with van der Waals surface area (Å²) in [7, 11) is 0. The van der Waals surface area contributed by atoms with E-state index >= 15 is 0 Å². The molecule has 11 heteroatoms. The Morgan fingerprint density at radius 1 is 1.22 bits per heavy atom. The van der Waals surface area contributed by atoms with Crippen molar-refractivity contribution in [2.75, 3.05) is 5.75 Å². The Morgan fingerprint density at radius 3 is 2.47 bits per heavy atom. The van der Waals surface area contributed by atoms with Crippen molar-refractivity contribution in [3.05, 3.63) is 68.7 Å². The number of amides is 1. The molecule has 3 aliphatic rings. The Labute approximate surface area is 195 Å². The molecule has 3 aliphatic heterocycles. The monoisotopic (exact) mass is 502 g/mol. The van der Waals surface area contributed by atoms with E-state index in [0.717, 1.165) is 0 Å². The smallest absolute Gasteiger partial charge is 0.374 e. The summed E-state index contributed by atoms with van der Waals surface area (Å²) < 4.78 is 47.9. The first-order valence-corrected chi connectivity index (χ1v) is 11.3. The van der Waals surface area contributed by atoms with Gasteiger partial charge >= 0.3 is 6.18 Å². The SMILES string of the molecule is Cc1cc(C2=NO[C@@](c3cc(Cl)cc(Cl)c3)(C(F)(F)F)C2)ccc1C(=O)N[C@]12CS[C@H]1O2. The van der Waals surface area contributed by atoms with E-state index in [1.54, 1.807) is 36.9 Å². The van der Waals surface area contributed by atoms with Crippen LogP contribution in [0.3, 0.4) is 0 Å². The number of ether oxygens (including phenoxy) is 1. The van der Waals surface area contributed by atoms with E-state index in [-0.39, 0.29) is 32.7 Å². The molecule has 2 saturated heterocycles. The number of aryl methyl sites for hydroxylation is 1. The van der Waals surface area contributed by atoms with E-state index in [9.17, 15) is 18.0 Å². The molecular formula is C21H15Cl2F3N2O3S. The number of hydrogen-bond donors (Lipinski definition) is 1. The number of oxime groups is 1. The third kappa shape index (κ3) is 3.46. The second-order valence-electron chi connectivity index (χ2n) is 7.92. The van der Waals surface area contributed by atoms with Crippen molar-refractivity contribution in [1.82, 2.24) is 5.32 Å². The van der Waals surface area contributed by atoms with Crippen LogP contribution in [-0.4, -0.2) is 34.7 Å². The lowest BCUT2D eigenvalue weighted by atomic mass is 9.86. The minimum absolute atomic E-state index is 0.00603. The fraction of sp³-hybridized carbons (Fsp3) is 0.333. The number of nitrogens with zero attached hydrogens (tertiary/aromatic N) is 1. The Morgan fingerprint density at radius 2 is 1.94 bits per heavy atom. The third-order valence-corrected chi connectivity index (χ3v) is 7.55. The maximum atomic E-state index is 14.2. The Hall–Kier alpha value is -1.94. The van der Waals surface area contributed by atoms with Gasteiger partial charge < -0.3 is 14.9 Å². The van der Waals surface area contributed by atoms with Gasteiger partial charge in [-0.2, -0.15) is 13.2 Å². The van der Waals surface area contributed by atoms with Gasteiger partial charge in [0, 0.05) is 33.3 Å². The first-order valence-electron chi connectivity index (χ1n) is 9.54. The molecule has 2 fully saturated rings. The molecule has 0 saturated carbocycles. The molecule has 0 unspecified atom stereocenters. The highest BCUT2D eigenvalue weighted by Crippen LogP contribution is 2.54. The van der Waals surface area contributed by atoms with Crippen molar-refractivity contribution >= 4 is 46.6 Å². The zero-order valence-electron chi connectivity index (χ0n) is 16.4. The van der Waals surface area contributed by atoms with Crippen LogP contribution in [0.1, 0.15) is 33.5 Å². The molecular weight excluding hydrogens is 488 g/mol. The predicted molar refractivity (Wildman–Crippen MR) is 115 cm³/mol. The van der Waals surface area contributed by atoms with Crippen LogP contribution in [0.5, 0.6) is 0 Å². The van der Waals surface area contributed by atoms with Gasteiger partial charge in [-0.05, 0) is 48.4 Å². The number of epoxide rings is 1. The van der Waals surface area contributed by atoms with E-state index in [2.05, 4.69) is 10.5 Å². The number of rotatable bonds is 4. The van der Waals surface area contributed by atoms with E-state index < -0.39 is 23.9 Å². The van der Waals surface area contributed by atoms with E-state index in [4.69, 9.17) is 32.8 Å². The third-order valence-electron chi connectivity index (χ3n) is 5.73. The van der Waals surface area contributed by atoms with Crippen LogP contribution >= 0.6 is 35.0 Å². The second-order valence-corrected chi connectivity index (χ2v) is 9.85. The van der Waals surface area contributed by atoms with Gasteiger partial charge in [-0.15, -0.1) is 11.8 Å². The van der Waals surface area contributed by atoms with Crippen molar-refractivity contribution in [1.29, 1.82) is 0 Å². The summed E-state index contributed by atoms with van der Waals surface area (Å²) in [5, 5.41) is 6.74. The maximum absolute atomic E-state index is 14.2. The molecule has 3 heterocycles. The maximum Gasteiger partial charge on any atom is 0.435 e. The van der Waals surface area contributed by atoms with E-state index in [0.29, 0.717) is 22.4 Å². The fourth-order valence-electron chi connectivity index (χ4n) is 3.86. The van der Waals surface area contributed by atoms with E-state index in [1.165, 1.54) is 18.2 Å². The highest BCUT2D eigenvalue weighted by molar-refractivity contribution is 8.01. The van der Waals surface area contributed by atoms with Gasteiger partial charge in [0.15, 0.2) is 11.2 Å². The largest absolute Gasteiger partial charge is 0.435 e. The number of carbonyl (C=O) groups is 1. The number of thioether (sulfide) groups is 1. The van der Waals surface area contributed by atoms with Crippen molar-refractivity contribution in [3.8, 4) is 0 Å². The molecule has 2 aromatic carbocycles. The normalized spacial score (nSPS) is 28.3. The molecule has 1 N–H and O–H groups in total. The van der Waals surface area contributed by atoms with E-state index in [1.807, 2.05) is 0 Å². The Kier molecular flexibility index (Phi) is 4.98. The van der Waals surface area contributed by atoms with Crippen LogP contribution in [0.4, 0.5) is 13.2 Å². The number of halogens is 5. The minimum atomic E-state index is -4.78. The van der Waals surface area contributed by atoms with Crippen LogP contribution in [0, 0.1) is 6.92 Å². The molecule has 5 nitrogen and oxygen atoms in total. The topological polar surface area (TPSA) is 63.2 Å². The van der Waals surface area contributed by atoms with Gasteiger partial charge in [0.25, 0.3) is 11.5 Å². The predicted octanol–water partition coefficient (Wildman–Crippen LogP) is 5.41. The highest BCUT2D eigenvalue weighted by atomic mass is 35.5. The molecule has 0 bridgehead atoms. The standard InChI is InChI=1S/C21H15Cl2F3N2O3S/c1-10-4-11(2-3-15(10)17(29)27-20-9-32-18(20)30-20)16-8-19(31-28-16,21(24,25)26)12-5-13(22)7-14(23)6-12/h2-7,18H,8-9H2,1H3,(H,27,29)/t18-,19+,20+/m1/s1. The number of alkyl halides is 3. The summed E-state index contributed by atoms with van der Waals surface area (Å²) in [6.45, 7) is 1.71.